The molecule has 5 nitrogen and oxygen atoms in total. The number of anilines is 1. The van der Waals surface area contributed by atoms with Crippen molar-refractivity contribution in [3.8, 4) is 0 Å². The van der Waals surface area contributed by atoms with E-state index in [9.17, 15) is 4.79 Å². The molecule has 1 aliphatic carbocycles. The fraction of sp³-hybridized carbons (Fsp3) is 0.579. The van der Waals surface area contributed by atoms with Crippen LogP contribution in [0.1, 0.15) is 25.7 Å². The summed E-state index contributed by atoms with van der Waals surface area (Å²) in [6.45, 7) is 5.27. The number of fused-ring (bicyclic) bond motifs is 1. The molecule has 1 aliphatic heterocycles. The van der Waals surface area contributed by atoms with Gasteiger partial charge in [0.25, 0.3) is 0 Å². The van der Waals surface area contributed by atoms with E-state index in [1.54, 1.807) is 11.3 Å². The molecule has 0 bridgehead atoms. The van der Waals surface area contributed by atoms with Crippen LogP contribution in [-0.4, -0.2) is 55.2 Å². The van der Waals surface area contributed by atoms with E-state index in [1.165, 1.54) is 0 Å². The van der Waals surface area contributed by atoms with Gasteiger partial charge in [0.1, 0.15) is 5.52 Å². The Morgan fingerprint density at radius 3 is 2.85 bits per heavy atom. The lowest BCUT2D eigenvalue weighted by atomic mass is 9.84. The molecule has 2 aliphatic rings. The molecule has 2 fully saturated rings. The lowest BCUT2D eigenvalue weighted by Gasteiger charge is -2.31. The molecule has 2 aromatic rings. The minimum Gasteiger partial charge on any atom is -0.379 e. The van der Waals surface area contributed by atoms with E-state index in [1.807, 2.05) is 23.1 Å². The third-order valence-electron chi connectivity index (χ3n) is 5.27. The third-order valence-corrected chi connectivity index (χ3v) is 6.62. The maximum Gasteiger partial charge on any atom is 0.231 e. The van der Waals surface area contributed by atoms with Gasteiger partial charge in [-0.05, 0) is 31.4 Å². The first kappa shape index (κ1) is 18.2. The van der Waals surface area contributed by atoms with E-state index in [0.717, 1.165) is 73.9 Å². The van der Waals surface area contributed by atoms with Gasteiger partial charge in [-0.2, -0.15) is 0 Å². The van der Waals surface area contributed by atoms with Crippen molar-refractivity contribution in [2.45, 2.75) is 25.7 Å². The van der Waals surface area contributed by atoms with Crippen LogP contribution in [0.3, 0.4) is 0 Å². The van der Waals surface area contributed by atoms with Crippen LogP contribution >= 0.6 is 22.9 Å². The van der Waals surface area contributed by atoms with E-state index in [4.69, 9.17) is 21.3 Å². The topological polar surface area (TPSA) is 45.7 Å². The van der Waals surface area contributed by atoms with Crippen LogP contribution in [0, 0.1) is 5.92 Å². The Morgan fingerprint density at radius 2 is 2.15 bits per heavy atom. The van der Waals surface area contributed by atoms with Gasteiger partial charge >= 0.3 is 0 Å². The summed E-state index contributed by atoms with van der Waals surface area (Å²) in [6.07, 6.45) is 4.11. The lowest BCUT2D eigenvalue weighted by molar-refractivity contribution is -0.124. The summed E-state index contributed by atoms with van der Waals surface area (Å²) in [7, 11) is 0. The second-order valence-corrected chi connectivity index (χ2v) is 8.42. The van der Waals surface area contributed by atoms with Gasteiger partial charge in [0.2, 0.25) is 5.91 Å². The molecule has 1 amide bonds. The van der Waals surface area contributed by atoms with Gasteiger partial charge in [0, 0.05) is 32.1 Å². The van der Waals surface area contributed by atoms with Crippen LogP contribution in [0.4, 0.5) is 5.13 Å². The number of ether oxygens (including phenoxy) is 1. The van der Waals surface area contributed by atoms with Gasteiger partial charge in [-0.25, -0.2) is 4.98 Å². The summed E-state index contributed by atoms with van der Waals surface area (Å²) in [5, 5.41) is 1.43. The molecule has 1 saturated carbocycles. The largest absolute Gasteiger partial charge is 0.379 e. The van der Waals surface area contributed by atoms with Crippen molar-refractivity contribution >= 4 is 44.2 Å². The highest BCUT2D eigenvalue weighted by Gasteiger charge is 2.31. The van der Waals surface area contributed by atoms with E-state index in [2.05, 4.69) is 4.90 Å². The first-order chi connectivity index (χ1) is 12.7. The monoisotopic (exact) mass is 393 g/mol. The van der Waals surface area contributed by atoms with Gasteiger partial charge < -0.3 is 4.74 Å². The Hall–Kier alpha value is -1.21. The summed E-state index contributed by atoms with van der Waals surface area (Å²) < 4.78 is 6.44. The highest BCUT2D eigenvalue weighted by atomic mass is 35.5. The molecule has 0 spiro atoms. The first-order valence-electron chi connectivity index (χ1n) is 9.39. The number of aromatic nitrogens is 1. The molecule has 0 atom stereocenters. The van der Waals surface area contributed by atoms with Crippen LogP contribution in [0.2, 0.25) is 5.02 Å². The summed E-state index contributed by atoms with van der Waals surface area (Å²) in [4.78, 5) is 22.0. The highest BCUT2D eigenvalue weighted by Crippen LogP contribution is 2.36. The number of carbonyl (C=O) groups is 1. The van der Waals surface area contributed by atoms with Gasteiger partial charge in [-0.15, -0.1) is 0 Å². The number of carbonyl (C=O) groups excluding carboxylic acids is 1. The van der Waals surface area contributed by atoms with E-state index in [-0.39, 0.29) is 11.8 Å². The summed E-state index contributed by atoms with van der Waals surface area (Å²) >= 11 is 7.85. The smallest absolute Gasteiger partial charge is 0.231 e. The van der Waals surface area contributed by atoms with Crippen molar-refractivity contribution in [1.29, 1.82) is 0 Å². The minimum atomic E-state index is 0.167. The number of nitrogens with zero attached hydrogens (tertiary/aromatic N) is 3. The first-order valence-corrected chi connectivity index (χ1v) is 10.6. The molecule has 0 N–H and O–H groups in total. The number of morpholine rings is 1. The molecule has 0 radical (unpaired) electrons. The Morgan fingerprint density at radius 1 is 1.35 bits per heavy atom. The van der Waals surface area contributed by atoms with Crippen molar-refractivity contribution in [3.05, 3.63) is 23.2 Å². The number of halogens is 1. The second-order valence-electron chi connectivity index (χ2n) is 7.01. The predicted molar refractivity (Wildman–Crippen MR) is 106 cm³/mol. The zero-order chi connectivity index (χ0) is 17.9. The quantitative estimate of drug-likeness (QED) is 0.748. The number of rotatable bonds is 6. The summed E-state index contributed by atoms with van der Waals surface area (Å²) in [5.74, 6) is 0.397. The molecule has 0 unspecified atom stereocenters. The van der Waals surface area contributed by atoms with Crippen LogP contribution in [0.5, 0.6) is 0 Å². The Balaban J connectivity index is 1.49. The molecular weight excluding hydrogens is 370 g/mol. The van der Waals surface area contributed by atoms with E-state index >= 15 is 0 Å². The number of amides is 1. The minimum absolute atomic E-state index is 0.167. The number of thiazole rings is 1. The average Bonchev–Trinajstić information content (AvgIpc) is 3.03. The standard InChI is InChI=1S/C19H24ClN3O2S/c20-15-6-2-7-16-17(15)21-19(26-16)23(18(24)14-4-1-5-14)9-3-8-22-10-12-25-13-11-22/h2,6-7,14H,1,3-5,8-13H2. The van der Waals surface area contributed by atoms with Crippen LogP contribution in [0.15, 0.2) is 18.2 Å². The van der Waals surface area contributed by atoms with E-state index < -0.39 is 0 Å². The average molecular weight is 394 g/mol. The van der Waals surface area contributed by atoms with Crippen molar-refractivity contribution in [2.24, 2.45) is 5.92 Å². The molecule has 7 heteroatoms. The van der Waals surface area contributed by atoms with Gasteiger partial charge in [-0.1, -0.05) is 35.4 Å². The molecule has 140 valence electrons. The Kier molecular flexibility index (Phi) is 5.74. The maximum atomic E-state index is 13.0. The number of hydrogen-bond acceptors (Lipinski definition) is 5. The normalized spacial score (nSPS) is 18.8. The van der Waals surface area contributed by atoms with Crippen molar-refractivity contribution in [1.82, 2.24) is 9.88 Å². The zero-order valence-electron chi connectivity index (χ0n) is 14.8. The molecule has 2 heterocycles. The number of benzene rings is 1. The van der Waals surface area contributed by atoms with Crippen LogP contribution in [0.25, 0.3) is 10.2 Å². The SMILES string of the molecule is O=C(C1CCC1)N(CCCN1CCOCC1)c1nc2c(Cl)cccc2s1. The second kappa shape index (κ2) is 8.21. The van der Waals surface area contributed by atoms with Crippen LogP contribution in [-0.2, 0) is 9.53 Å². The highest BCUT2D eigenvalue weighted by molar-refractivity contribution is 7.22. The van der Waals surface area contributed by atoms with Gasteiger partial charge in [0.15, 0.2) is 5.13 Å². The van der Waals surface area contributed by atoms with Crippen molar-refractivity contribution in [3.63, 3.8) is 0 Å². The van der Waals surface area contributed by atoms with Gasteiger partial charge in [0.05, 0.1) is 22.9 Å². The number of hydrogen-bond donors (Lipinski definition) is 0. The van der Waals surface area contributed by atoms with E-state index in [0.29, 0.717) is 11.6 Å². The molecule has 4 rings (SSSR count). The van der Waals surface area contributed by atoms with Crippen LogP contribution < -0.4 is 4.90 Å². The fourth-order valence-electron chi connectivity index (χ4n) is 3.47. The predicted octanol–water partition coefficient (Wildman–Crippen LogP) is 3.81. The summed E-state index contributed by atoms with van der Waals surface area (Å²) in [5.41, 5.74) is 0.800. The van der Waals surface area contributed by atoms with Crippen molar-refractivity contribution in [2.75, 3.05) is 44.3 Å². The lowest BCUT2D eigenvalue weighted by Crippen LogP contribution is -2.42. The maximum absolute atomic E-state index is 13.0. The third kappa shape index (κ3) is 3.88. The fourth-order valence-corrected chi connectivity index (χ4v) is 4.77. The molecule has 1 aromatic heterocycles. The molecular formula is C19H24ClN3O2S. The summed E-state index contributed by atoms with van der Waals surface area (Å²) in [6, 6.07) is 5.80. The Labute approximate surface area is 162 Å². The Bertz CT molecular complexity index is 771. The van der Waals surface area contributed by atoms with Gasteiger partial charge in [-0.3, -0.25) is 14.6 Å². The molecule has 1 aromatic carbocycles. The molecule has 1 saturated heterocycles. The molecule has 26 heavy (non-hydrogen) atoms. The number of para-hydroxylation sites is 1. The van der Waals surface area contributed by atoms with Crippen molar-refractivity contribution < 1.29 is 9.53 Å². The zero-order valence-corrected chi connectivity index (χ0v) is 16.4.